The van der Waals surface area contributed by atoms with Gasteiger partial charge in [-0.1, -0.05) is 12.5 Å². The molecule has 0 radical (unpaired) electrons. The predicted molar refractivity (Wildman–Crippen MR) is 79.3 cm³/mol. The fourth-order valence-electron chi connectivity index (χ4n) is 5.86. The molecule has 2 heteroatoms. The molecule has 4 rings (SSSR count). The monoisotopic (exact) mass is 274 g/mol. The minimum absolute atomic E-state index is 0.0703. The molecule has 0 spiro atoms. The highest BCUT2D eigenvalue weighted by Gasteiger charge is 2.54. The Morgan fingerprint density at radius 3 is 2.80 bits per heavy atom. The number of aliphatic hydroxyl groups is 2. The highest BCUT2D eigenvalue weighted by atomic mass is 16.3. The van der Waals surface area contributed by atoms with Crippen molar-refractivity contribution in [2.45, 2.75) is 64.4 Å². The molecule has 20 heavy (non-hydrogen) atoms. The number of hydrogen-bond donors (Lipinski definition) is 2. The van der Waals surface area contributed by atoms with E-state index in [1.807, 2.05) is 6.08 Å². The van der Waals surface area contributed by atoms with Gasteiger partial charge >= 0.3 is 0 Å². The lowest BCUT2D eigenvalue weighted by molar-refractivity contribution is -0.0311. The minimum Gasteiger partial charge on any atom is -0.512 e. The van der Waals surface area contributed by atoms with Gasteiger partial charge in [-0.05, 0) is 79.8 Å². The van der Waals surface area contributed by atoms with Crippen LogP contribution in [0.1, 0.15) is 58.3 Å². The average molecular weight is 274 g/mol. The Hall–Kier alpha value is -0.760. The molecule has 2 nitrogen and oxygen atoms in total. The van der Waals surface area contributed by atoms with Crippen LogP contribution >= 0.6 is 0 Å². The molecule has 0 aromatic heterocycles. The molecule has 0 amide bonds. The Kier molecular flexibility index (Phi) is 2.82. The molecular weight excluding hydrogens is 248 g/mol. The molecule has 2 saturated carbocycles. The Morgan fingerprint density at radius 1 is 1.10 bits per heavy atom. The number of rotatable bonds is 0. The molecule has 0 saturated heterocycles. The molecule has 0 bridgehead atoms. The van der Waals surface area contributed by atoms with E-state index in [1.165, 1.54) is 31.3 Å². The van der Waals surface area contributed by atoms with Gasteiger partial charge in [0.2, 0.25) is 0 Å². The van der Waals surface area contributed by atoms with Crippen molar-refractivity contribution in [3.63, 3.8) is 0 Å². The van der Waals surface area contributed by atoms with Crippen LogP contribution in [-0.4, -0.2) is 16.3 Å². The third-order valence-corrected chi connectivity index (χ3v) is 6.99. The highest BCUT2D eigenvalue weighted by molar-refractivity contribution is 5.36. The Bertz CT molecular complexity index is 490. The van der Waals surface area contributed by atoms with Crippen LogP contribution in [0.3, 0.4) is 0 Å². The summed E-state index contributed by atoms with van der Waals surface area (Å²) in [5, 5.41) is 20.2. The van der Waals surface area contributed by atoms with Gasteiger partial charge in [0.05, 0.1) is 11.9 Å². The first-order chi connectivity index (χ1) is 9.59. The van der Waals surface area contributed by atoms with Gasteiger partial charge < -0.3 is 10.2 Å². The van der Waals surface area contributed by atoms with E-state index in [0.29, 0.717) is 5.76 Å². The van der Waals surface area contributed by atoms with Crippen molar-refractivity contribution < 1.29 is 10.2 Å². The first kappa shape index (κ1) is 12.9. The molecule has 0 aliphatic heterocycles. The minimum atomic E-state index is -0.0703. The second-order valence-electron chi connectivity index (χ2n) is 7.74. The van der Waals surface area contributed by atoms with Crippen LogP contribution in [-0.2, 0) is 0 Å². The van der Waals surface area contributed by atoms with E-state index in [2.05, 4.69) is 6.92 Å². The first-order valence-electron chi connectivity index (χ1n) is 8.39. The van der Waals surface area contributed by atoms with E-state index in [9.17, 15) is 10.2 Å². The maximum atomic E-state index is 10.4. The zero-order chi connectivity index (χ0) is 13.9. The third-order valence-electron chi connectivity index (χ3n) is 6.99. The molecule has 2 N–H and O–H groups in total. The van der Waals surface area contributed by atoms with Gasteiger partial charge in [-0.25, -0.2) is 0 Å². The van der Waals surface area contributed by atoms with Crippen molar-refractivity contribution in [3.8, 4) is 0 Å². The second kappa shape index (κ2) is 4.37. The van der Waals surface area contributed by atoms with Crippen LogP contribution in [0.2, 0.25) is 0 Å². The molecule has 1 unspecified atom stereocenters. The van der Waals surface area contributed by atoms with Crippen molar-refractivity contribution in [1.29, 1.82) is 0 Å². The smallest absolute Gasteiger partial charge is 0.0928 e. The summed E-state index contributed by atoms with van der Waals surface area (Å²) in [7, 11) is 0. The zero-order valence-corrected chi connectivity index (χ0v) is 12.4. The first-order valence-corrected chi connectivity index (χ1v) is 8.39. The molecule has 0 aromatic rings. The van der Waals surface area contributed by atoms with Gasteiger partial charge in [-0.3, -0.25) is 0 Å². The highest BCUT2D eigenvalue weighted by Crippen LogP contribution is 2.60. The Labute approximate surface area is 121 Å². The lowest BCUT2D eigenvalue weighted by Gasteiger charge is -2.51. The van der Waals surface area contributed by atoms with Crippen LogP contribution in [0.25, 0.3) is 0 Å². The standard InChI is InChI=1S/C18H26O2/c1-18-9-8-14-13-5-3-12(19)10-11(13)2-4-15(14)16(18)6-7-17(18)20/h10,14-17,19-20H,2-9H2,1H3/t14-,15-,16+,17?,18+/m1/s1. The fourth-order valence-corrected chi connectivity index (χ4v) is 5.86. The molecule has 2 fully saturated rings. The molecule has 0 aromatic carbocycles. The quantitative estimate of drug-likeness (QED) is 0.697. The van der Waals surface area contributed by atoms with Gasteiger partial charge in [0.25, 0.3) is 0 Å². The molecular formula is C18H26O2. The van der Waals surface area contributed by atoms with Crippen LogP contribution in [0, 0.1) is 23.2 Å². The number of aliphatic hydroxyl groups excluding tert-OH is 2. The Balaban J connectivity index is 1.67. The molecule has 4 aliphatic rings. The summed E-state index contributed by atoms with van der Waals surface area (Å²) >= 11 is 0. The number of allylic oxidation sites excluding steroid dienone is 4. The van der Waals surface area contributed by atoms with E-state index in [4.69, 9.17) is 0 Å². The summed E-state index contributed by atoms with van der Waals surface area (Å²) < 4.78 is 0. The van der Waals surface area contributed by atoms with Crippen LogP contribution in [0.4, 0.5) is 0 Å². The fraction of sp³-hybridized carbons (Fsp3) is 0.778. The van der Waals surface area contributed by atoms with Crippen molar-refractivity contribution in [2.24, 2.45) is 23.2 Å². The summed E-state index contributed by atoms with van der Waals surface area (Å²) in [6.45, 7) is 2.34. The third kappa shape index (κ3) is 1.67. The maximum Gasteiger partial charge on any atom is 0.0928 e. The van der Waals surface area contributed by atoms with Gasteiger partial charge in [-0.15, -0.1) is 0 Å². The van der Waals surface area contributed by atoms with Gasteiger partial charge in [-0.2, -0.15) is 0 Å². The van der Waals surface area contributed by atoms with Crippen LogP contribution in [0.15, 0.2) is 23.0 Å². The average Bonchev–Trinajstić information content (AvgIpc) is 2.74. The van der Waals surface area contributed by atoms with E-state index >= 15 is 0 Å². The van der Waals surface area contributed by atoms with Crippen LogP contribution in [0.5, 0.6) is 0 Å². The number of fused-ring (bicyclic) bond motifs is 4. The normalized spacial score (nSPS) is 47.4. The summed E-state index contributed by atoms with van der Waals surface area (Å²) in [5.41, 5.74) is 3.28. The van der Waals surface area contributed by atoms with E-state index in [1.54, 1.807) is 5.57 Å². The Morgan fingerprint density at radius 2 is 1.95 bits per heavy atom. The molecule has 0 heterocycles. The SMILES string of the molecule is C[C@]12CC[C@@H]3C4=C(C=C(O)CC4)CC[C@H]3[C@@H]1CCC2O. The lowest BCUT2D eigenvalue weighted by Crippen LogP contribution is -2.45. The summed E-state index contributed by atoms with van der Waals surface area (Å²) in [6.07, 6.45) is 11.0. The zero-order valence-electron chi connectivity index (χ0n) is 12.4. The predicted octanol–water partition coefficient (Wildman–Crippen LogP) is 4.12. The van der Waals surface area contributed by atoms with E-state index < -0.39 is 0 Å². The molecule has 4 aliphatic carbocycles. The molecule has 110 valence electrons. The topological polar surface area (TPSA) is 40.5 Å². The van der Waals surface area contributed by atoms with Crippen molar-refractivity contribution >= 4 is 0 Å². The van der Waals surface area contributed by atoms with E-state index in [0.717, 1.165) is 43.4 Å². The molecule has 5 atom stereocenters. The lowest BCUT2D eigenvalue weighted by atomic mass is 9.54. The van der Waals surface area contributed by atoms with Crippen LogP contribution < -0.4 is 0 Å². The maximum absolute atomic E-state index is 10.4. The van der Waals surface area contributed by atoms with Gasteiger partial charge in [0.1, 0.15) is 0 Å². The van der Waals surface area contributed by atoms with Crippen molar-refractivity contribution in [2.75, 3.05) is 0 Å². The second-order valence-corrected chi connectivity index (χ2v) is 7.74. The van der Waals surface area contributed by atoms with Crippen molar-refractivity contribution in [3.05, 3.63) is 23.0 Å². The summed E-state index contributed by atoms with van der Waals surface area (Å²) in [4.78, 5) is 0. The van der Waals surface area contributed by atoms with Gasteiger partial charge in [0.15, 0.2) is 0 Å². The van der Waals surface area contributed by atoms with E-state index in [-0.39, 0.29) is 11.5 Å². The number of hydrogen-bond acceptors (Lipinski definition) is 2. The summed E-state index contributed by atoms with van der Waals surface area (Å²) in [5.74, 6) is 2.84. The van der Waals surface area contributed by atoms with Gasteiger partial charge in [0, 0.05) is 6.42 Å². The largest absolute Gasteiger partial charge is 0.512 e. The summed E-state index contributed by atoms with van der Waals surface area (Å²) in [6, 6.07) is 0. The van der Waals surface area contributed by atoms with Crippen molar-refractivity contribution in [1.82, 2.24) is 0 Å².